The molecule has 2 aromatic heterocycles. The summed E-state index contributed by atoms with van der Waals surface area (Å²) in [5.41, 5.74) is 7.35. The third-order valence-electron chi connectivity index (χ3n) is 7.28. The molecule has 9 heteroatoms. The van der Waals surface area contributed by atoms with Crippen LogP contribution in [0.4, 0.5) is 22.2 Å². The number of para-hydroxylation sites is 1. The van der Waals surface area contributed by atoms with Gasteiger partial charge in [0.15, 0.2) is 0 Å². The number of nitrogens with one attached hydrogen (secondary N) is 1. The van der Waals surface area contributed by atoms with E-state index < -0.39 is 0 Å². The molecule has 37 heavy (non-hydrogen) atoms. The van der Waals surface area contributed by atoms with Crippen molar-refractivity contribution in [3.8, 4) is 0 Å². The van der Waals surface area contributed by atoms with Crippen molar-refractivity contribution in [3.05, 3.63) is 71.2 Å². The SMILES string of the molecule is Cc1c(/C=N/Nc2nc(N3CCCC3)nc(N3CCCC3)n2)c2ccccc2n1Cc1ccc(F)cc1. The number of benzene rings is 2. The number of hydrogen-bond donors (Lipinski definition) is 1. The molecular weight excluding hydrogens is 467 g/mol. The van der Waals surface area contributed by atoms with Crippen molar-refractivity contribution in [2.75, 3.05) is 41.4 Å². The van der Waals surface area contributed by atoms with Crippen LogP contribution in [-0.2, 0) is 6.54 Å². The van der Waals surface area contributed by atoms with Gasteiger partial charge in [0.05, 0.1) is 6.21 Å². The van der Waals surface area contributed by atoms with Crippen LogP contribution >= 0.6 is 0 Å². The molecular formula is C28H31FN8. The first-order chi connectivity index (χ1) is 18.2. The van der Waals surface area contributed by atoms with Gasteiger partial charge in [0.2, 0.25) is 17.8 Å². The fraction of sp³-hybridized carbons (Fsp3) is 0.357. The maximum atomic E-state index is 13.4. The Kier molecular flexibility index (Phi) is 6.42. The van der Waals surface area contributed by atoms with Crippen molar-refractivity contribution in [3.63, 3.8) is 0 Å². The van der Waals surface area contributed by atoms with E-state index in [4.69, 9.17) is 4.98 Å². The molecule has 0 saturated carbocycles. The van der Waals surface area contributed by atoms with Crippen LogP contribution in [0.1, 0.15) is 42.5 Å². The summed E-state index contributed by atoms with van der Waals surface area (Å²) >= 11 is 0. The van der Waals surface area contributed by atoms with Gasteiger partial charge in [-0.05, 0) is 56.4 Å². The second kappa shape index (κ2) is 10.2. The zero-order chi connectivity index (χ0) is 25.2. The Bertz CT molecular complexity index is 1380. The molecule has 8 nitrogen and oxygen atoms in total. The predicted molar refractivity (Wildman–Crippen MR) is 146 cm³/mol. The van der Waals surface area contributed by atoms with E-state index in [-0.39, 0.29) is 5.82 Å². The van der Waals surface area contributed by atoms with Crippen molar-refractivity contribution >= 4 is 35.0 Å². The van der Waals surface area contributed by atoms with Gasteiger partial charge in [-0.3, -0.25) is 0 Å². The summed E-state index contributed by atoms with van der Waals surface area (Å²) in [7, 11) is 0. The number of aromatic nitrogens is 4. The Morgan fingerprint density at radius 3 is 2.14 bits per heavy atom. The zero-order valence-electron chi connectivity index (χ0n) is 21.1. The fourth-order valence-electron chi connectivity index (χ4n) is 5.27. The Labute approximate surface area is 215 Å². The normalized spacial score (nSPS) is 15.9. The number of hydrogen-bond acceptors (Lipinski definition) is 7. The Morgan fingerprint density at radius 2 is 1.49 bits per heavy atom. The summed E-state index contributed by atoms with van der Waals surface area (Å²) in [6.45, 7) is 6.63. The van der Waals surface area contributed by atoms with Crippen LogP contribution in [0.15, 0.2) is 53.6 Å². The van der Waals surface area contributed by atoms with Gasteiger partial charge < -0.3 is 14.4 Å². The maximum absolute atomic E-state index is 13.4. The molecule has 2 aromatic carbocycles. The average molecular weight is 499 g/mol. The molecule has 2 fully saturated rings. The zero-order valence-corrected chi connectivity index (χ0v) is 21.1. The molecule has 4 aromatic rings. The lowest BCUT2D eigenvalue weighted by Crippen LogP contribution is -2.25. The maximum Gasteiger partial charge on any atom is 0.250 e. The molecule has 0 aliphatic carbocycles. The van der Waals surface area contributed by atoms with Crippen LogP contribution in [0.25, 0.3) is 10.9 Å². The van der Waals surface area contributed by atoms with Crippen LogP contribution in [0.2, 0.25) is 0 Å². The monoisotopic (exact) mass is 498 g/mol. The van der Waals surface area contributed by atoms with Crippen molar-refractivity contribution in [1.29, 1.82) is 0 Å². The molecule has 0 spiro atoms. The number of nitrogens with zero attached hydrogens (tertiary/aromatic N) is 7. The number of fused-ring (bicyclic) bond motifs is 1. The molecule has 0 atom stereocenters. The summed E-state index contributed by atoms with van der Waals surface area (Å²) in [5, 5.41) is 5.67. The highest BCUT2D eigenvalue weighted by molar-refractivity contribution is 6.01. The first kappa shape index (κ1) is 23.4. The summed E-state index contributed by atoms with van der Waals surface area (Å²) < 4.78 is 15.7. The molecule has 2 saturated heterocycles. The molecule has 0 bridgehead atoms. The van der Waals surface area contributed by atoms with Gasteiger partial charge in [0.25, 0.3) is 0 Å². The highest BCUT2D eigenvalue weighted by atomic mass is 19.1. The first-order valence-corrected chi connectivity index (χ1v) is 13.0. The van der Waals surface area contributed by atoms with Crippen LogP contribution in [0.3, 0.4) is 0 Å². The van der Waals surface area contributed by atoms with E-state index in [0.29, 0.717) is 12.5 Å². The first-order valence-electron chi connectivity index (χ1n) is 13.0. The lowest BCUT2D eigenvalue weighted by atomic mass is 10.1. The van der Waals surface area contributed by atoms with Crippen LogP contribution in [-0.4, -0.2) is 51.9 Å². The molecule has 0 amide bonds. The van der Waals surface area contributed by atoms with Crippen LogP contribution < -0.4 is 15.2 Å². The predicted octanol–water partition coefficient (Wildman–Crippen LogP) is 4.97. The quantitative estimate of drug-likeness (QED) is 0.287. The van der Waals surface area contributed by atoms with Gasteiger partial charge in [0, 0.05) is 54.9 Å². The van der Waals surface area contributed by atoms with Crippen molar-refractivity contribution in [1.82, 2.24) is 19.5 Å². The van der Waals surface area contributed by atoms with Gasteiger partial charge in [-0.15, -0.1) is 0 Å². The standard InChI is InChI=1S/C28H31FN8/c1-20-24(23-8-2-3-9-25(23)37(20)19-21-10-12-22(29)13-11-21)18-30-34-26-31-27(35-14-4-5-15-35)33-28(32-26)36-16-6-7-17-36/h2-3,8-13,18H,4-7,14-17,19H2,1H3,(H,31,32,33,34)/b30-18+. The van der Waals surface area contributed by atoms with Crippen molar-refractivity contribution in [2.45, 2.75) is 39.2 Å². The second-order valence-electron chi connectivity index (χ2n) is 9.75. The molecule has 1 N–H and O–H groups in total. The minimum Gasteiger partial charge on any atom is -0.341 e. The topological polar surface area (TPSA) is 74.5 Å². The minimum atomic E-state index is -0.226. The molecule has 2 aliphatic rings. The van der Waals surface area contributed by atoms with Crippen molar-refractivity contribution in [2.24, 2.45) is 5.10 Å². The van der Waals surface area contributed by atoms with E-state index in [9.17, 15) is 4.39 Å². The van der Waals surface area contributed by atoms with Gasteiger partial charge in [0.1, 0.15) is 5.82 Å². The minimum absolute atomic E-state index is 0.226. The van der Waals surface area contributed by atoms with Gasteiger partial charge in [-0.25, -0.2) is 9.82 Å². The van der Waals surface area contributed by atoms with E-state index in [1.165, 1.54) is 12.1 Å². The summed E-state index contributed by atoms with van der Waals surface area (Å²) in [6.07, 6.45) is 6.48. The summed E-state index contributed by atoms with van der Waals surface area (Å²) in [4.78, 5) is 18.6. The number of halogens is 1. The summed E-state index contributed by atoms with van der Waals surface area (Å²) in [5.74, 6) is 1.68. The molecule has 190 valence electrons. The van der Waals surface area contributed by atoms with E-state index in [1.807, 2.05) is 30.5 Å². The highest BCUT2D eigenvalue weighted by Gasteiger charge is 2.21. The Balaban J connectivity index is 1.29. The summed E-state index contributed by atoms with van der Waals surface area (Å²) in [6, 6.07) is 14.9. The van der Waals surface area contributed by atoms with E-state index in [1.54, 1.807) is 0 Å². The van der Waals surface area contributed by atoms with Gasteiger partial charge in [-0.1, -0.05) is 30.3 Å². The average Bonchev–Trinajstić information content (AvgIpc) is 3.69. The number of hydrazone groups is 1. The van der Waals surface area contributed by atoms with Crippen LogP contribution in [0, 0.1) is 12.7 Å². The third-order valence-corrected chi connectivity index (χ3v) is 7.28. The van der Waals surface area contributed by atoms with Gasteiger partial charge >= 0.3 is 0 Å². The smallest absolute Gasteiger partial charge is 0.250 e. The number of anilines is 3. The molecule has 0 radical (unpaired) electrons. The molecule has 0 unspecified atom stereocenters. The Hall–Kier alpha value is -4.01. The fourth-order valence-corrected chi connectivity index (χ4v) is 5.27. The molecule has 2 aliphatic heterocycles. The Morgan fingerprint density at radius 1 is 0.865 bits per heavy atom. The van der Waals surface area contributed by atoms with E-state index in [0.717, 1.165) is 91.5 Å². The lowest BCUT2D eigenvalue weighted by Gasteiger charge is -2.20. The lowest BCUT2D eigenvalue weighted by molar-refractivity contribution is 0.626. The van der Waals surface area contributed by atoms with Gasteiger partial charge in [-0.2, -0.15) is 20.1 Å². The van der Waals surface area contributed by atoms with E-state index in [2.05, 4.69) is 53.9 Å². The third kappa shape index (κ3) is 4.85. The highest BCUT2D eigenvalue weighted by Crippen LogP contribution is 2.26. The van der Waals surface area contributed by atoms with E-state index >= 15 is 0 Å². The van der Waals surface area contributed by atoms with Crippen molar-refractivity contribution < 1.29 is 4.39 Å². The second-order valence-corrected chi connectivity index (χ2v) is 9.75. The molecule has 4 heterocycles. The van der Waals surface area contributed by atoms with Crippen LogP contribution in [0.5, 0.6) is 0 Å². The largest absolute Gasteiger partial charge is 0.341 e. The number of rotatable bonds is 7. The molecule has 6 rings (SSSR count).